The lowest BCUT2D eigenvalue weighted by Gasteiger charge is -2.36. The molecular weight excluding hydrogens is 938 g/mol. The number of likely N-dealkylation sites (tertiary alicyclic amines) is 2. The molecular formula is C63H62FN7O4. The Bertz CT molecular complexity index is 3380. The molecule has 0 unspecified atom stereocenters. The molecule has 0 spiro atoms. The number of ether oxygens (including phenoxy) is 3. The third-order valence-electron chi connectivity index (χ3n) is 15.9. The maximum absolute atomic E-state index is 17.3. The van der Waals surface area contributed by atoms with Crippen molar-refractivity contribution in [2.24, 2.45) is 0 Å². The maximum atomic E-state index is 17.3. The monoisotopic (exact) mass is 999 g/mol. The summed E-state index contributed by atoms with van der Waals surface area (Å²) in [5.41, 5.74) is 7.19. The minimum Gasteiger partial charge on any atom is -0.486 e. The van der Waals surface area contributed by atoms with Gasteiger partial charge in [-0.05, 0) is 131 Å². The van der Waals surface area contributed by atoms with Crippen molar-refractivity contribution in [3.63, 3.8) is 0 Å². The summed E-state index contributed by atoms with van der Waals surface area (Å²) in [6, 6.07) is 43.2. The molecule has 5 heterocycles. The molecule has 12 rings (SSSR count). The van der Waals surface area contributed by atoms with Crippen molar-refractivity contribution in [2.45, 2.75) is 102 Å². The van der Waals surface area contributed by atoms with E-state index in [1.807, 2.05) is 79.7 Å². The van der Waals surface area contributed by atoms with E-state index in [0.29, 0.717) is 47.6 Å². The average molecular weight is 1000 g/mol. The Hall–Kier alpha value is -7.75. The van der Waals surface area contributed by atoms with E-state index in [0.717, 1.165) is 94.2 Å². The molecule has 11 nitrogen and oxygen atoms in total. The van der Waals surface area contributed by atoms with E-state index < -0.39 is 11.1 Å². The number of terminal acetylenes is 1. The highest BCUT2D eigenvalue weighted by Gasteiger charge is 2.48. The van der Waals surface area contributed by atoms with Crippen molar-refractivity contribution >= 4 is 33.7 Å². The molecule has 3 aliphatic heterocycles. The number of aromatic nitrogens is 4. The van der Waals surface area contributed by atoms with Crippen molar-refractivity contribution in [1.82, 2.24) is 29.5 Å². The molecule has 4 fully saturated rings. The van der Waals surface area contributed by atoms with Crippen LogP contribution in [-0.4, -0.2) is 92.7 Å². The van der Waals surface area contributed by atoms with E-state index in [4.69, 9.17) is 35.7 Å². The number of likely N-dealkylation sites (N-methyl/N-ethyl adjacent to an activating group) is 1. The van der Waals surface area contributed by atoms with Crippen molar-refractivity contribution in [2.75, 3.05) is 38.2 Å². The van der Waals surface area contributed by atoms with Gasteiger partial charge in [-0.1, -0.05) is 109 Å². The quantitative estimate of drug-likeness (QED) is 0.0826. The highest BCUT2D eigenvalue weighted by Crippen LogP contribution is 2.54. The standard InChI is InChI=1S/C63H62FN7O4/c1-7-41-25-27-42(28-26-41)38-73-58-56(55-40(2)53(64)34-54-52(55)37-71(67-54)63(44-18-11-8-12-19-44,45-20-13-9-14-21-45)46-22-15-10-16-23-46)50(43-29-30-43)33-51-57(58)65-60(74-39-47-24-17-31-68(47)6)66-59(51)69-35-49-32-48(69)36-70(49)61(72)75-62(3,4)5/h1,8-16,18-23,25-28,33-34,37,43,47-49H,17,24,29-32,35-36,38-39H2,2-6H3/t47-,48-,49-/m0/s1. The minimum absolute atomic E-state index is 0.0208. The Kier molecular flexibility index (Phi) is 12.3. The summed E-state index contributed by atoms with van der Waals surface area (Å²) in [7, 11) is 2.13. The molecule has 3 saturated heterocycles. The molecule has 3 atom stereocenters. The Labute approximate surface area is 438 Å². The number of amides is 1. The summed E-state index contributed by atoms with van der Waals surface area (Å²) in [4.78, 5) is 30.7. The number of hydrogen-bond acceptors (Lipinski definition) is 9. The summed E-state index contributed by atoms with van der Waals surface area (Å²) in [6.45, 7) is 10.2. The van der Waals surface area contributed by atoms with Crippen LogP contribution >= 0.6 is 0 Å². The van der Waals surface area contributed by atoms with Gasteiger partial charge in [-0.3, -0.25) is 4.68 Å². The Morgan fingerprint density at radius 2 is 1.47 bits per heavy atom. The molecule has 0 N–H and O–H groups in total. The maximum Gasteiger partial charge on any atom is 0.410 e. The summed E-state index contributed by atoms with van der Waals surface area (Å²) in [5.74, 6) is 3.77. The third kappa shape index (κ3) is 8.80. The predicted octanol–water partition coefficient (Wildman–Crippen LogP) is 12.0. The van der Waals surface area contributed by atoms with E-state index in [2.05, 4.69) is 108 Å². The normalized spacial score (nSPS) is 18.8. The summed E-state index contributed by atoms with van der Waals surface area (Å²) >= 11 is 0. The first-order chi connectivity index (χ1) is 36.4. The second kappa shape index (κ2) is 19.2. The van der Waals surface area contributed by atoms with Gasteiger partial charge in [-0.25, -0.2) is 9.18 Å². The van der Waals surface area contributed by atoms with Gasteiger partial charge in [0.15, 0.2) is 5.75 Å². The van der Waals surface area contributed by atoms with E-state index in [-0.39, 0.29) is 48.6 Å². The zero-order valence-corrected chi connectivity index (χ0v) is 43.3. The van der Waals surface area contributed by atoms with Gasteiger partial charge >= 0.3 is 12.1 Å². The largest absolute Gasteiger partial charge is 0.486 e. The van der Waals surface area contributed by atoms with Gasteiger partial charge in [0.05, 0.1) is 17.6 Å². The molecule has 75 heavy (non-hydrogen) atoms. The van der Waals surface area contributed by atoms with Crippen molar-refractivity contribution in [3.05, 3.63) is 178 Å². The first-order valence-electron chi connectivity index (χ1n) is 26.4. The van der Waals surface area contributed by atoms with Crippen LogP contribution < -0.4 is 14.4 Å². The molecule has 380 valence electrons. The number of halogens is 1. The van der Waals surface area contributed by atoms with Crippen LogP contribution in [0.2, 0.25) is 0 Å². The number of nitrogens with zero attached hydrogens (tertiary/aromatic N) is 7. The highest BCUT2D eigenvalue weighted by atomic mass is 19.1. The Morgan fingerprint density at radius 3 is 2.04 bits per heavy atom. The van der Waals surface area contributed by atoms with Crippen LogP contribution in [-0.2, 0) is 16.9 Å². The fraction of sp³-hybridized carbons (Fsp3) is 0.333. The SMILES string of the molecule is C#Cc1ccc(COc2c(-c3c(C)c(F)cc4nn(C(c5ccccc5)(c5ccccc5)c5ccccc5)cc34)c(C3CC3)cc3c(N4C[C@@H]5C[C@H]4CN5C(=O)OC(C)(C)C)nc(OC[C@@H]4CCCN4C)nc23)cc1. The number of carbonyl (C=O) groups is 1. The molecule has 0 radical (unpaired) electrons. The van der Waals surface area contributed by atoms with Gasteiger partial charge in [0, 0.05) is 58.9 Å². The number of hydrogen-bond donors (Lipinski definition) is 0. The van der Waals surface area contributed by atoms with E-state index in [1.165, 1.54) is 0 Å². The van der Waals surface area contributed by atoms with Crippen LogP contribution in [0.3, 0.4) is 0 Å². The second-order valence-corrected chi connectivity index (χ2v) is 21.9. The van der Waals surface area contributed by atoms with Gasteiger partial charge in [-0.2, -0.15) is 15.1 Å². The average Bonchev–Trinajstić information content (AvgIpc) is 3.66. The molecule has 2 aromatic heterocycles. The van der Waals surface area contributed by atoms with E-state index >= 15 is 4.39 Å². The smallest absolute Gasteiger partial charge is 0.410 e. The van der Waals surface area contributed by atoms with E-state index in [9.17, 15) is 4.79 Å². The Morgan fingerprint density at radius 1 is 0.800 bits per heavy atom. The summed E-state index contributed by atoms with van der Waals surface area (Å²) < 4.78 is 39.2. The lowest BCUT2D eigenvalue weighted by Crippen LogP contribution is -2.50. The number of piperazine rings is 1. The molecule has 1 aliphatic carbocycles. The first kappa shape index (κ1) is 48.2. The number of anilines is 1. The van der Waals surface area contributed by atoms with Crippen molar-refractivity contribution < 1.29 is 23.4 Å². The van der Waals surface area contributed by atoms with Crippen LogP contribution in [0.1, 0.15) is 97.7 Å². The van der Waals surface area contributed by atoms with Crippen molar-refractivity contribution in [3.8, 4) is 35.2 Å². The fourth-order valence-corrected chi connectivity index (χ4v) is 12.0. The molecule has 12 heteroatoms. The van der Waals surface area contributed by atoms with E-state index in [1.54, 1.807) is 6.07 Å². The zero-order valence-electron chi connectivity index (χ0n) is 43.3. The van der Waals surface area contributed by atoms with Gasteiger partial charge in [0.25, 0.3) is 0 Å². The summed E-state index contributed by atoms with van der Waals surface area (Å²) in [6.07, 6.45) is 12.4. The van der Waals surface area contributed by atoms with Crippen LogP contribution in [0.25, 0.3) is 32.9 Å². The molecule has 2 bridgehead atoms. The Balaban J connectivity index is 1.10. The second-order valence-electron chi connectivity index (χ2n) is 21.9. The van der Waals surface area contributed by atoms with Crippen molar-refractivity contribution in [1.29, 1.82) is 0 Å². The van der Waals surface area contributed by atoms with Crippen LogP contribution in [0, 0.1) is 25.1 Å². The first-order valence-corrected chi connectivity index (χ1v) is 26.4. The molecule has 8 aromatic rings. The van der Waals surface area contributed by atoms with Gasteiger partial charge in [0.2, 0.25) is 0 Å². The predicted molar refractivity (Wildman–Crippen MR) is 292 cm³/mol. The van der Waals surface area contributed by atoms with Crippen LogP contribution in [0.5, 0.6) is 11.8 Å². The number of fused-ring (bicyclic) bond motifs is 4. The van der Waals surface area contributed by atoms with Gasteiger partial charge < -0.3 is 28.9 Å². The number of carbonyl (C=O) groups excluding carboxylic acids is 1. The number of benzene rings is 6. The summed E-state index contributed by atoms with van der Waals surface area (Å²) in [5, 5.41) is 7.02. The molecule has 1 saturated carbocycles. The number of rotatable bonds is 13. The van der Waals surface area contributed by atoms with Crippen LogP contribution in [0.15, 0.2) is 134 Å². The van der Waals surface area contributed by atoms with Gasteiger partial charge in [0.1, 0.15) is 41.5 Å². The third-order valence-corrected chi connectivity index (χ3v) is 15.9. The molecule has 4 aliphatic rings. The highest BCUT2D eigenvalue weighted by molar-refractivity contribution is 6.06. The lowest BCUT2D eigenvalue weighted by atomic mass is 9.77. The fourth-order valence-electron chi connectivity index (χ4n) is 12.0. The van der Waals surface area contributed by atoms with Crippen LogP contribution in [0.4, 0.5) is 15.0 Å². The lowest BCUT2D eigenvalue weighted by molar-refractivity contribution is 0.0214. The molecule has 6 aromatic carbocycles. The topological polar surface area (TPSA) is 98.1 Å². The van der Waals surface area contributed by atoms with Gasteiger partial charge in [-0.15, -0.1) is 6.42 Å². The molecule has 1 amide bonds. The minimum atomic E-state index is -0.951. The zero-order chi connectivity index (χ0) is 51.6.